The van der Waals surface area contributed by atoms with E-state index < -0.39 is 23.3 Å². The third-order valence-corrected chi connectivity index (χ3v) is 8.06. The zero-order valence-electron chi connectivity index (χ0n) is 19.2. The van der Waals surface area contributed by atoms with Crippen molar-refractivity contribution in [2.24, 2.45) is 5.41 Å². The molecule has 1 aromatic carbocycles. The number of carbonyl (C=O) groups is 1. The number of amides is 1. The van der Waals surface area contributed by atoms with Gasteiger partial charge in [-0.15, -0.1) is 0 Å². The summed E-state index contributed by atoms with van der Waals surface area (Å²) in [4.78, 5) is 17.6. The number of halogens is 3. The van der Waals surface area contributed by atoms with Crippen LogP contribution in [0.2, 0.25) is 0 Å². The van der Waals surface area contributed by atoms with Gasteiger partial charge in [-0.2, -0.15) is 18.4 Å². The highest BCUT2D eigenvalue weighted by Crippen LogP contribution is 2.47. The highest BCUT2D eigenvalue weighted by molar-refractivity contribution is 5.86. The molecule has 5 rings (SSSR count). The summed E-state index contributed by atoms with van der Waals surface area (Å²) in [6, 6.07) is 5.71. The largest absolute Gasteiger partial charge is 0.417 e. The zero-order chi connectivity index (χ0) is 23.9. The normalized spacial score (nSPS) is 25.9. The first kappa shape index (κ1) is 23.4. The van der Waals surface area contributed by atoms with Crippen molar-refractivity contribution in [2.75, 3.05) is 37.7 Å². The van der Waals surface area contributed by atoms with Crippen molar-refractivity contribution in [1.82, 2.24) is 10.2 Å². The summed E-state index contributed by atoms with van der Waals surface area (Å²) >= 11 is 0. The van der Waals surface area contributed by atoms with Gasteiger partial charge in [0.1, 0.15) is 6.04 Å². The molecule has 4 fully saturated rings. The Morgan fingerprint density at radius 1 is 1.15 bits per heavy atom. The molecule has 3 aliphatic heterocycles. The number of hydrogen-bond donors (Lipinski definition) is 1. The first-order valence-electron chi connectivity index (χ1n) is 12.3. The van der Waals surface area contributed by atoms with E-state index in [0.29, 0.717) is 24.7 Å². The van der Waals surface area contributed by atoms with Gasteiger partial charge in [-0.05, 0) is 81.6 Å². The van der Waals surface area contributed by atoms with Crippen molar-refractivity contribution in [3.8, 4) is 6.07 Å². The number of piperidine rings is 1. The smallest absolute Gasteiger partial charge is 0.381 e. The number of anilines is 1. The molecular formula is C25H31F3N4O2. The zero-order valence-corrected chi connectivity index (χ0v) is 19.2. The number of alkyl halides is 3. The van der Waals surface area contributed by atoms with Crippen molar-refractivity contribution in [3.05, 3.63) is 29.3 Å². The molecule has 184 valence electrons. The summed E-state index contributed by atoms with van der Waals surface area (Å²) in [6.07, 6.45) is 1.87. The van der Waals surface area contributed by atoms with Gasteiger partial charge >= 0.3 is 6.18 Å². The van der Waals surface area contributed by atoms with E-state index in [1.54, 1.807) is 12.1 Å². The number of nitriles is 1. The Bertz CT molecular complexity index is 958. The second kappa shape index (κ2) is 9.04. The van der Waals surface area contributed by atoms with Crippen LogP contribution in [0.15, 0.2) is 18.2 Å². The van der Waals surface area contributed by atoms with Crippen molar-refractivity contribution in [1.29, 1.82) is 5.26 Å². The molecule has 0 bridgehead atoms. The monoisotopic (exact) mass is 476 g/mol. The molecule has 0 radical (unpaired) electrons. The standard InChI is InChI=1S/C25H31F3N4O2/c26-25(27,28)21-13-20(4-1-17(21)15-29)32-16-24(14-22(32)23(33)30-18-2-3-18)7-9-31(10-8-24)19-5-11-34-12-6-19/h1,4,13,18-19,22H,2-3,5-12,14,16H2,(H,30,33). The summed E-state index contributed by atoms with van der Waals surface area (Å²) in [5.74, 6) is -0.0934. The maximum absolute atomic E-state index is 13.6. The molecule has 0 aromatic heterocycles. The van der Waals surface area contributed by atoms with Crippen LogP contribution in [0.3, 0.4) is 0 Å². The van der Waals surface area contributed by atoms with Gasteiger partial charge in [0.05, 0.1) is 17.2 Å². The highest BCUT2D eigenvalue weighted by atomic mass is 19.4. The molecule has 1 saturated carbocycles. The van der Waals surface area contributed by atoms with Gasteiger partial charge in [0.2, 0.25) is 5.91 Å². The topological polar surface area (TPSA) is 68.6 Å². The van der Waals surface area contributed by atoms with E-state index in [4.69, 9.17) is 4.74 Å². The molecule has 1 aromatic rings. The second-order valence-electron chi connectivity index (χ2n) is 10.3. The van der Waals surface area contributed by atoms with Gasteiger partial charge < -0.3 is 19.9 Å². The lowest BCUT2D eigenvalue weighted by Crippen LogP contribution is -2.47. The van der Waals surface area contributed by atoms with Gasteiger partial charge in [-0.1, -0.05) is 0 Å². The minimum atomic E-state index is -4.63. The fourth-order valence-electron chi connectivity index (χ4n) is 5.91. The van der Waals surface area contributed by atoms with Crippen LogP contribution < -0.4 is 10.2 Å². The summed E-state index contributed by atoms with van der Waals surface area (Å²) < 4.78 is 46.4. The number of likely N-dealkylation sites (tertiary alicyclic amines) is 1. The number of benzene rings is 1. The maximum Gasteiger partial charge on any atom is 0.417 e. The second-order valence-corrected chi connectivity index (χ2v) is 10.3. The van der Waals surface area contributed by atoms with E-state index in [1.807, 2.05) is 4.90 Å². The molecule has 1 atom stereocenters. The number of rotatable bonds is 4. The van der Waals surface area contributed by atoms with E-state index in [-0.39, 0.29) is 17.4 Å². The van der Waals surface area contributed by atoms with Gasteiger partial charge in [0.25, 0.3) is 0 Å². The Balaban J connectivity index is 1.38. The Morgan fingerprint density at radius 3 is 2.47 bits per heavy atom. The predicted molar refractivity (Wildman–Crippen MR) is 120 cm³/mol. The van der Waals surface area contributed by atoms with Crippen LogP contribution in [0.4, 0.5) is 18.9 Å². The molecule has 4 aliphatic rings. The molecule has 1 spiro atoms. The Hall–Kier alpha value is -2.31. The minimum absolute atomic E-state index is 0.0934. The third kappa shape index (κ3) is 4.76. The van der Waals surface area contributed by atoms with Crippen molar-refractivity contribution < 1.29 is 22.7 Å². The predicted octanol–water partition coefficient (Wildman–Crippen LogP) is 3.70. The van der Waals surface area contributed by atoms with Crippen LogP contribution in [-0.4, -0.2) is 61.8 Å². The fourth-order valence-corrected chi connectivity index (χ4v) is 5.91. The lowest BCUT2D eigenvalue weighted by atomic mass is 9.76. The summed E-state index contributed by atoms with van der Waals surface area (Å²) in [5.41, 5.74) is -1.07. The highest BCUT2D eigenvalue weighted by Gasteiger charge is 2.49. The van der Waals surface area contributed by atoms with Crippen LogP contribution in [-0.2, 0) is 15.7 Å². The average molecular weight is 477 g/mol. The number of nitrogens with zero attached hydrogens (tertiary/aromatic N) is 3. The molecule has 1 unspecified atom stereocenters. The number of carbonyl (C=O) groups excluding carboxylic acids is 1. The Morgan fingerprint density at radius 2 is 1.85 bits per heavy atom. The van der Waals surface area contributed by atoms with Crippen LogP contribution in [0.25, 0.3) is 0 Å². The molecule has 3 heterocycles. The molecule has 1 amide bonds. The molecule has 34 heavy (non-hydrogen) atoms. The first-order chi connectivity index (χ1) is 16.3. The van der Waals surface area contributed by atoms with Crippen molar-refractivity contribution >= 4 is 11.6 Å². The summed E-state index contributed by atoms with van der Waals surface area (Å²) in [6.45, 7) is 4.03. The SMILES string of the molecule is N#Cc1ccc(N2CC3(CCN(C4CCOCC4)CC3)CC2C(=O)NC2CC2)cc1C(F)(F)F. The van der Waals surface area contributed by atoms with Gasteiger partial charge in [0.15, 0.2) is 0 Å². The Kier molecular flexibility index (Phi) is 6.23. The number of ether oxygens (including phenoxy) is 1. The van der Waals surface area contributed by atoms with E-state index in [0.717, 1.165) is 70.9 Å². The molecule has 3 saturated heterocycles. The first-order valence-corrected chi connectivity index (χ1v) is 12.3. The number of hydrogen-bond acceptors (Lipinski definition) is 5. The van der Waals surface area contributed by atoms with Gasteiger partial charge in [0, 0.05) is 37.5 Å². The van der Waals surface area contributed by atoms with Crippen LogP contribution in [0.5, 0.6) is 0 Å². The van der Waals surface area contributed by atoms with Crippen molar-refractivity contribution in [3.63, 3.8) is 0 Å². The van der Waals surface area contributed by atoms with Crippen LogP contribution in [0.1, 0.15) is 56.1 Å². The van der Waals surface area contributed by atoms with Gasteiger partial charge in [-0.25, -0.2) is 0 Å². The molecule has 9 heteroatoms. The van der Waals surface area contributed by atoms with E-state index in [9.17, 15) is 23.2 Å². The molecule has 1 N–H and O–H groups in total. The van der Waals surface area contributed by atoms with Crippen LogP contribution >= 0.6 is 0 Å². The molecular weight excluding hydrogens is 445 g/mol. The minimum Gasteiger partial charge on any atom is -0.381 e. The van der Waals surface area contributed by atoms with Gasteiger partial charge in [-0.3, -0.25) is 4.79 Å². The number of nitrogens with one attached hydrogen (secondary N) is 1. The Labute approximate surface area is 198 Å². The third-order valence-electron chi connectivity index (χ3n) is 8.06. The molecule has 6 nitrogen and oxygen atoms in total. The fraction of sp³-hybridized carbons (Fsp3) is 0.680. The summed E-state index contributed by atoms with van der Waals surface area (Å²) in [7, 11) is 0. The van der Waals surface area contributed by atoms with E-state index >= 15 is 0 Å². The van der Waals surface area contributed by atoms with E-state index in [1.165, 1.54) is 6.07 Å². The summed E-state index contributed by atoms with van der Waals surface area (Å²) in [5, 5.41) is 12.2. The lowest BCUT2D eigenvalue weighted by molar-refractivity contribution is -0.137. The average Bonchev–Trinajstić information content (AvgIpc) is 3.58. The lowest BCUT2D eigenvalue weighted by Gasteiger charge is -2.43. The molecule has 1 aliphatic carbocycles. The van der Waals surface area contributed by atoms with Crippen LogP contribution in [0, 0.1) is 16.7 Å². The maximum atomic E-state index is 13.6. The quantitative estimate of drug-likeness (QED) is 0.718. The van der Waals surface area contributed by atoms with Crippen molar-refractivity contribution in [2.45, 2.75) is 69.2 Å². The van der Waals surface area contributed by atoms with E-state index in [2.05, 4.69) is 10.2 Å².